The number of aromatic nitrogens is 2. The minimum Gasteiger partial charge on any atom is -0.481 e. The lowest BCUT2D eigenvalue weighted by Crippen LogP contribution is -2.61. The first-order valence-electron chi connectivity index (χ1n) is 4.81. The number of rotatable bonds is 2. The second kappa shape index (κ2) is 3.38. The molecule has 0 atom stereocenters. The summed E-state index contributed by atoms with van der Waals surface area (Å²) in [6.07, 6.45) is -3.24. The van der Waals surface area contributed by atoms with Crippen molar-refractivity contribution in [1.82, 2.24) is 15.1 Å². The van der Waals surface area contributed by atoms with Crippen LogP contribution < -0.4 is 10.1 Å². The average molecular weight is 235 g/mol. The number of hydrogen-bond donors (Lipinski definition) is 1. The first-order chi connectivity index (χ1) is 7.30. The molecule has 16 heavy (non-hydrogen) atoms. The maximum atomic E-state index is 12.6. The van der Waals surface area contributed by atoms with Gasteiger partial charge in [-0.25, -0.2) is 0 Å². The molecule has 0 aliphatic carbocycles. The molecule has 1 fully saturated rings. The van der Waals surface area contributed by atoms with Gasteiger partial charge in [-0.1, -0.05) is 0 Å². The van der Waals surface area contributed by atoms with E-state index in [-0.39, 0.29) is 5.75 Å². The van der Waals surface area contributed by atoms with Crippen LogP contribution >= 0.6 is 0 Å². The Kier molecular flexibility index (Phi) is 2.37. The van der Waals surface area contributed by atoms with E-state index < -0.39 is 17.5 Å². The summed E-state index contributed by atoms with van der Waals surface area (Å²) in [5, 5.41) is 6.32. The maximum absolute atomic E-state index is 12.6. The third-order valence-corrected chi connectivity index (χ3v) is 2.42. The Labute approximate surface area is 90.4 Å². The summed E-state index contributed by atoms with van der Waals surface area (Å²) < 4.78 is 44.2. The van der Waals surface area contributed by atoms with Gasteiger partial charge in [-0.3, -0.25) is 4.68 Å². The van der Waals surface area contributed by atoms with E-state index in [9.17, 15) is 13.2 Å². The lowest BCUT2D eigenvalue weighted by atomic mass is 10.00. The van der Waals surface area contributed by atoms with E-state index in [1.807, 2.05) is 0 Å². The number of hydrogen-bond acceptors (Lipinski definition) is 3. The Morgan fingerprint density at radius 1 is 1.50 bits per heavy atom. The predicted octanol–water partition coefficient (Wildman–Crippen LogP) is 1.18. The molecule has 90 valence electrons. The number of nitrogens with one attached hydrogen (secondary N) is 1. The molecule has 0 spiro atoms. The highest BCUT2D eigenvalue weighted by molar-refractivity contribution is 5.28. The lowest BCUT2D eigenvalue weighted by Gasteiger charge is -2.39. The highest BCUT2D eigenvalue weighted by atomic mass is 19.4. The molecule has 2 heterocycles. The Morgan fingerprint density at radius 3 is 2.56 bits per heavy atom. The monoisotopic (exact) mass is 235 g/mol. The molecule has 0 unspecified atom stereocenters. The minimum absolute atomic E-state index is 0.209. The quantitative estimate of drug-likeness (QED) is 0.836. The van der Waals surface area contributed by atoms with Crippen LogP contribution in [0.4, 0.5) is 13.2 Å². The molecule has 1 aromatic heterocycles. The van der Waals surface area contributed by atoms with Gasteiger partial charge >= 0.3 is 6.18 Å². The largest absolute Gasteiger partial charge is 0.481 e. The van der Waals surface area contributed by atoms with Crippen LogP contribution in [0.5, 0.6) is 5.75 Å². The molecule has 1 aliphatic heterocycles. The third-order valence-electron chi connectivity index (χ3n) is 2.42. The number of ether oxygens (including phenoxy) is 1. The first-order valence-corrected chi connectivity index (χ1v) is 4.81. The van der Waals surface area contributed by atoms with Crippen molar-refractivity contribution in [3.8, 4) is 5.75 Å². The Bertz CT molecular complexity index is 395. The van der Waals surface area contributed by atoms with Gasteiger partial charge in [0.1, 0.15) is 5.60 Å². The van der Waals surface area contributed by atoms with Gasteiger partial charge in [-0.15, -0.1) is 0 Å². The fourth-order valence-electron chi connectivity index (χ4n) is 1.55. The van der Waals surface area contributed by atoms with Crippen molar-refractivity contribution in [1.29, 1.82) is 0 Å². The second-order valence-electron chi connectivity index (χ2n) is 4.17. The van der Waals surface area contributed by atoms with Crippen LogP contribution in [-0.4, -0.2) is 28.5 Å². The topological polar surface area (TPSA) is 39.1 Å². The highest BCUT2D eigenvalue weighted by Crippen LogP contribution is 2.36. The molecule has 2 rings (SSSR count). The van der Waals surface area contributed by atoms with Gasteiger partial charge in [0.05, 0.1) is 6.20 Å². The zero-order valence-electron chi connectivity index (χ0n) is 8.93. The molecule has 4 nitrogen and oxygen atoms in total. The molecule has 1 aliphatic rings. The molecule has 0 aromatic carbocycles. The first kappa shape index (κ1) is 11.3. The average Bonchev–Trinajstić information content (AvgIpc) is 2.43. The molecular weight excluding hydrogens is 223 g/mol. The Morgan fingerprint density at radius 2 is 2.12 bits per heavy atom. The molecule has 0 bridgehead atoms. The van der Waals surface area contributed by atoms with Crippen LogP contribution in [0.3, 0.4) is 0 Å². The van der Waals surface area contributed by atoms with Crippen LogP contribution in [0.15, 0.2) is 6.20 Å². The van der Waals surface area contributed by atoms with Gasteiger partial charge in [0.2, 0.25) is 5.69 Å². The van der Waals surface area contributed by atoms with Crippen LogP contribution in [-0.2, 0) is 13.2 Å². The normalized spacial score (nSPS) is 19.3. The van der Waals surface area contributed by atoms with Crippen molar-refractivity contribution in [2.45, 2.75) is 18.7 Å². The van der Waals surface area contributed by atoms with Crippen molar-refractivity contribution in [2.24, 2.45) is 7.05 Å². The Balaban J connectivity index is 2.26. The van der Waals surface area contributed by atoms with Crippen molar-refractivity contribution in [3.05, 3.63) is 11.9 Å². The second-order valence-corrected chi connectivity index (χ2v) is 4.17. The molecule has 1 aromatic rings. The fourth-order valence-corrected chi connectivity index (χ4v) is 1.55. The molecular formula is C9H12F3N3O. The molecule has 0 radical (unpaired) electrons. The summed E-state index contributed by atoms with van der Waals surface area (Å²) in [4.78, 5) is 0. The van der Waals surface area contributed by atoms with E-state index in [1.165, 1.54) is 13.2 Å². The molecule has 7 heteroatoms. The molecule has 1 saturated heterocycles. The third kappa shape index (κ3) is 1.99. The molecule has 0 saturated carbocycles. The van der Waals surface area contributed by atoms with Gasteiger partial charge < -0.3 is 10.1 Å². The van der Waals surface area contributed by atoms with E-state index >= 15 is 0 Å². The number of nitrogens with zero attached hydrogens (tertiary/aromatic N) is 2. The summed E-state index contributed by atoms with van der Waals surface area (Å²) in [5.74, 6) is -0.209. The maximum Gasteiger partial charge on any atom is 0.438 e. The van der Waals surface area contributed by atoms with Crippen molar-refractivity contribution in [3.63, 3.8) is 0 Å². The van der Waals surface area contributed by atoms with Crippen molar-refractivity contribution >= 4 is 0 Å². The van der Waals surface area contributed by atoms with E-state index in [2.05, 4.69) is 10.4 Å². The lowest BCUT2D eigenvalue weighted by molar-refractivity contribution is -0.144. The summed E-state index contributed by atoms with van der Waals surface area (Å²) in [7, 11) is 1.43. The standard InChI is InChI=1S/C9H12F3N3O/c1-8(4-13-5-8)16-6-3-15(2)14-7(6)9(10,11)12/h3,13H,4-5H2,1-2H3. The van der Waals surface area contributed by atoms with Gasteiger partial charge in [0.25, 0.3) is 0 Å². The number of aryl methyl sites for hydroxylation is 1. The summed E-state index contributed by atoms with van der Waals surface area (Å²) in [6.45, 7) is 2.84. The van der Waals surface area contributed by atoms with Crippen molar-refractivity contribution in [2.75, 3.05) is 13.1 Å². The van der Waals surface area contributed by atoms with Crippen LogP contribution in [0, 0.1) is 0 Å². The zero-order valence-corrected chi connectivity index (χ0v) is 8.93. The molecule has 0 amide bonds. The minimum atomic E-state index is -4.48. The van der Waals surface area contributed by atoms with Crippen LogP contribution in [0.2, 0.25) is 0 Å². The highest BCUT2D eigenvalue weighted by Gasteiger charge is 2.41. The van der Waals surface area contributed by atoms with E-state index in [4.69, 9.17) is 4.74 Å². The zero-order chi connectivity index (χ0) is 12.0. The predicted molar refractivity (Wildman–Crippen MR) is 50.1 cm³/mol. The van der Waals surface area contributed by atoms with Crippen molar-refractivity contribution < 1.29 is 17.9 Å². The summed E-state index contributed by atoms with van der Waals surface area (Å²) >= 11 is 0. The van der Waals surface area contributed by atoms with E-state index in [1.54, 1.807) is 6.92 Å². The van der Waals surface area contributed by atoms with Crippen LogP contribution in [0.25, 0.3) is 0 Å². The van der Waals surface area contributed by atoms with Gasteiger partial charge in [-0.2, -0.15) is 18.3 Å². The summed E-state index contributed by atoms with van der Waals surface area (Å²) in [6, 6.07) is 0. The van der Waals surface area contributed by atoms with E-state index in [0.717, 1.165) is 4.68 Å². The number of alkyl halides is 3. The molecule has 1 N–H and O–H groups in total. The SMILES string of the molecule is Cn1cc(OC2(C)CNC2)c(C(F)(F)F)n1. The van der Waals surface area contributed by atoms with Crippen LogP contribution in [0.1, 0.15) is 12.6 Å². The fraction of sp³-hybridized carbons (Fsp3) is 0.667. The smallest absolute Gasteiger partial charge is 0.438 e. The van der Waals surface area contributed by atoms with Gasteiger partial charge in [0, 0.05) is 20.1 Å². The Hall–Kier alpha value is -1.24. The van der Waals surface area contributed by atoms with E-state index in [0.29, 0.717) is 13.1 Å². The number of halogens is 3. The van der Waals surface area contributed by atoms with Gasteiger partial charge in [0.15, 0.2) is 5.75 Å². The van der Waals surface area contributed by atoms with Gasteiger partial charge in [-0.05, 0) is 6.92 Å². The summed E-state index contributed by atoms with van der Waals surface area (Å²) in [5.41, 5.74) is -1.54.